The minimum atomic E-state index is 0.948. The molecule has 0 aliphatic heterocycles. The first-order valence-electron chi connectivity index (χ1n) is 4.52. The Kier molecular flexibility index (Phi) is 2.25. The molecule has 0 aliphatic carbocycles. The van der Waals surface area contributed by atoms with E-state index in [9.17, 15) is 0 Å². The van der Waals surface area contributed by atoms with Gasteiger partial charge in [-0.05, 0) is 40.8 Å². The summed E-state index contributed by atoms with van der Waals surface area (Å²) in [4.78, 5) is 0. The second kappa shape index (κ2) is 3.49. The first-order chi connectivity index (χ1) is 7.25. The van der Waals surface area contributed by atoms with E-state index in [0.29, 0.717) is 0 Å². The number of hydrogen-bond donors (Lipinski definition) is 0. The van der Waals surface area contributed by atoms with Crippen LogP contribution in [0.1, 0.15) is 0 Å². The van der Waals surface area contributed by atoms with Crippen LogP contribution in [0.2, 0.25) is 0 Å². The van der Waals surface area contributed by atoms with Crippen LogP contribution in [0.3, 0.4) is 0 Å². The molecule has 0 N–H and O–H groups in total. The molecule has 3 heteroatoms. The summed E-state index contributed by atoms with van der Waals surface area (Å²) in [5.41, 5.74) is 1.92. The van der Waals surface area contributed by atoms with Gasteiger partial charge >= 0.3 is 0 Å². The minimum Gasteiger partial charge on any atom is -0.455 e. The molecule has 0 fully saturated rings. The molecule has 0 bridgehead atoms. The van der Waals surface area contributed by atoms with Crippen LogP contribution in [0, 0.1) is 3.57 Å². The molecule has 0 saturated heterocycles. The summed E-state index contributed by atoms with van der Waals surface area (Å²) in [7, 11) is 0. The highest BCUT2D eigenvalue weighted by Gasteiger charge is 2.09. The second-order valence-corrected chi connectivity index (χ2v) is 5.44. The fourth-order valence-corrected chi connectivity index (χ4v) is 3.37. The highest BCUT2D eigenvalue weighted by molar-refractivity contribution is 14.1. The molecule has 3 aromatic rings. The topological polar surface area (TPSA) is 13.1 Å². The molecule has 1 aromatic heterocycles. The molecule has 0 aliphatic rings. The molecular formula is C12H6BrIO. The zero-order chi connectivity index (χ0) is 10.4. The van der Waals surface area contributed by atoms with Gasteiger partial charge in [0, 0.05) is 15.2 Å². The first-order valence-corrected chi connectivity index (χ1v) is 6.39. The van der Waals surface area contributed by atoms with Crippen molar-refractivity contribution in [2.45, 2.75) is 0 Å². The third-order valence-corrected chi connectivity index (χ3v) is 3.66. The molecule has 0 unspecified atom stereocenters. The Morgan fingerprint density at radius 2 is 1.87 bits per heavy atom. The van der Waals surface area contributed by atoms with Gasteiger partial charge in [0.2, 0.25) is 0 Å². The molecule has 1 heterocycles. The van der Waals surface area contributed by atoms with Crippen LogP contribution in [0.25, 0.3) is 21.9 Å². The van der Waals surface area contributed by atoms with Crippen LogP contribution in [-0.2, 0) is 0 Å². The van der Waals surface area contributed by atoms with E-state index in [1.165, 1.54) is 10.8 Å². The molecule has 15 heavy (non-hydrogen) atoms. The summed E-state index contributed by atoms with van der Waals surface area (Å²) < 4.78 is 8.03. The third-order valence-electron chi connectivity index (χ3n) is 2.40. The summed E-state index contributed by atoms with van der Waals surface area (Å²) in [5, 5.41) is 2.34. The zero-order valence-electron chi connectivity index (χ0n) is 7.63. The lowest BCUT2D eigenvalue weighted by molar-refractivity contribution is 0.666. The van der Waals surface area contributed by atoms with E-state index >= 15 is 0 Å². The van der Waals surface area contributed by atoms with Gasteiger partial charge in [-0.25, -0.2) is 0 Å². The molecule has 0 radical (unpaired) electrons. The molecular weight excluding hydrogens is 367 g/mol. The van der Waals surface area contributed by atoms with E-state index in [4.69, 9.17) is 4.42 Å². The van der Waals surface area contributed by atoms with Gasteiger partial charge < -0.3 is 4.42 Å². The summed E-state index contributed by atoms with van der Waals surface area (Å²) in [6, 6.07) is 12.3. The van der Waals surface area contributed by atoms with Crippen LogP contribution >= 0.6 is 38.5 Å². The largest absolute Gasteiger partial charge is 0.455 e. The van der Waals surface area contributed by atoms with Gasteiger partial charge in [0.1, 0.15) is 11.2 Å². The second-order valence-electron chi connectivity index (χ2n) is 3.36. The maximum atomic E-state index is 5.81. The van der Waals surface area contributed by atoms with E-state index in [-0.39, 0.29) is 0 Å². The normalized spacial score (nSPS) is 11.3. The van der Waals surface area contributed by atoms with Gasteiger partial charge in [-0.15, -0.1) is 0 Å². The highest BCUT2D eigenvalue weighted by Crippen LogP contribution is 2.33. The van der Waals surface area contributed by atoms with E-state index < -0.39 is 0 Å². The van der Waals surface area contributed by atoms with Crippen molar-refractivity contribution < 1.29 is 4.42 Å². The molecule has 1 nitrogen and oxygen atoms in total. The van der Waals surface area contributed by atoms with Gasteiger partial charge in [0.15, 0.2) is 0 Å². The van der Waals surface area contributed by atoms with Crippen LogP contribution in [0.5, 0.6) is 0 Å². The van der Waals surface area contributed by atoms with E-state index in [1.807, 2.05) is 18.2 Å². The van der Waals surface area contributed by atoms with Gasteiger partial charge in [0.05, 0.1) is 3.57 Å². The van der Waals surface area contributed by atoms with Crippen LogP contribution < -0.4 is 0 Å². The van der Waals surface area contributed by atoms with Crippen molar-refractivity contribution >= 4 is 60.5 Å². The van der Waals surface area contributed by atoms with E-state index in [2.05, 4.69) is 56.7 Å². The number of halogens is 2. The van der Waals surface area contributed by atoms with Gasteiger partial charge in [-0.3, -0.25) is 0 Å². The van der Waals surface area contributed by atoms with Crippen LogP contribution in [0.15, 0.2) is 45.3 Å². The monoisotopic (exact) mass is 372 g/mol. The average Bonchev–Trinajstić information content (AvgIpc) is 2.57. The Hall–Kier alpha value is -0.550. The lowest BCUT2D eigenvalue weighted by Gasteiger charge is -1.94. The van der Waals surface area contributed by atoms with E-state index in [1.54, 1.807) is 0 Å². The molecule has 0 saturated carbocycles. The molecule has 0 atom stereocenters. The Morgan fingerprint density at radius 3 is 2.73 bits per heavy atom. The van der Waals surface area contributed by atoms with Gasteiger partial charge in [-0.2, -0.15) is 0 Å². The zero-order valence-corrected chi connectivity index (χ0v) is 11.4. The smallest absolute Gasteiger partial charge is 0.148 e. The number of para-hydroxylation sites is 1. The summed E-state index contributed by atoms with van der Waals surface area (Å²) in [5.74, 6) is 0. The van der Waals surface area contributed by atoms with Crippen molar-refractivity contribution in [2.75, 3.05) is 0 Å². The fraction of sp³-hybridized carbons (Fsp3) is 0. The minimum absolute atomic E-state index is 0.948. The maximum Gasteiger partial charge on any atom is 0.148 e. The van der Waals surface area contributed by atoms with Crippen molar-refractivity contribution in [3.05, 3.63) is 44.4 Å². The Balaban J connectivity index is 2.61. The summed E-state index contributed by atoms with van der Waals surface area (Å²) >= 11 is 5.80. The van der Waals surface area contributed by atoms with Crippen molar-refractivity contribution in [1.29, 1.82) is 0 Å². The van der Waals surface area contributed by atoms with Crippen LogP contribution in [-0.4, -0.2) is 0 Å². The number of furan rings is 1. The molecule has 3 rings (SSSR count). The van der Waals surface area contributed by atoms with Crippen molar-refractivity contribution in [1.82, 2.24) is 0 Å². The van der Waals surface area contributed by atoms with Crippen LogP contribution in [0.4, 0.5) is 0 Å². The molecule has 0 amide bonds. The van der Waals surface area contributed by atoms with Crippen molar-refractivity contribution in [2.24, 2.45) is 0 Å². The predicted octanol–water partition coefficient (Wildman–Crippen LogP) is 4.95. The Morgan fingerprint density at radius 1 is 1.07 bits per heavy atom. The summed E-state index contributed by atoms with van der Waals surface area (Å²) in [6.45, 7) is 0. The lowest BCUT2D eigenvalue weighted by Crippen LogP contribution is -1.73. The standard InChI is InChI=1S/C12H6BrIO/c13-7-5-9-8-3-1-2-4-11(8)15-12(9)10(14)6-7/h1-6H. The quantitative estimate of drug-likeness (QED) is 0.509. The molecule has 2 aromatic carbocycles. The number of hydrogen-bond acceptors (Lipinski definition) is 1. The van der Waals surface area contributed by atoms with E-state index in [0.717, 1.165) is 19.2 Å². The molecule has 74 valence electrons. The Bertz CT molecular complexity index is 657. The lowest BCUT2D eigenvalue weighted by atomic mass is 10.2. The van der Waals surface area contributed by atoms with Gasteiger partial charge in [-0.1, -0.05) is 34.1 Å². The van der Waals surface area contributed by atoms with Crippen molar-refractivity contribution in [3.8, 4) is 0 Å². The maximum absolute atomic E-state index is 5.81. The third kappa shape index (κ3) is 1.49. The Labute approximate surface area is 109 Å². The SMILES string of the molecule is Brc1cc(I)c2oc3ccccc3c2c1. The van der Waals surface area contributed by atoms with Crippen molar-refractivity contribution in [3.63, 3.8) is 0 Å². The predicted molar refractivity (Wildman–Crippen MR) is 74.1 cm³/mol. The average molecular weight is 373 g/mol. The highest BCUT2D eigenvalue weighted by atomic mass is 127. The number of rotatable bonds is 0. The number of benzene rings is 2. The number of fused-ring (bicyclic) bond motifs is 3. The fourth-order valence-electron chi connectivity index (χ4n) is 1.75. The molecule has 0 spiro atoms. The first kappa shape index (κ1) is 9.66. The van der Waals surface area contributed by atoms with Gasteiger partial charge in [0.25, 0.3) is 0 Å². The summed E-state index contributed by atoms with van der Waals surface area (Å²) in [6.07, 6.45) is 0.